The molecule has 2 N–H and O–H groups in total. The average molecular weight is 128 g/mol. The molecule has 0 bridgehead atoms. The molecule has 1 aliphatic rings. The van der Waals surface area contributed by atoms with Gasteiger partial charge in [-0.2, -0.15) is 0 Å². The zero-order valence-electron chi connectivity index (χ0n) is 5.38. The quantitative estimate of drug-likeness (QED) is 0.530. The zero-order valence-corrected chi connectivity index (χ0v) is 5.38. The van der Waals surface area contributed by atoms with Crippen LogP contribution in [-0.4, -0.2) is 22.9 Å². The van der Waals surface area contributed by atoms with Gasteiger partial charge in [-0.25, -0.2) is 0 Å². The van der Waals surface area contributed by atoms with E-state index in [4.69, 9.17) is 10.2 Å². The molecule has 2 nitrogen and oxygen atoms in total. The second-order valence-electron chi connectivity index (χ2n) is 2.37. The van der Waals surface area contributed by atoms with Crippen LogP contribution in [0.5, 0.6) is 0 Å². The number of hydrogen-bond donors (Lipinski definition) is 2. The van der Waals surface area contributed by atoms with E-state index in [2.05, 4.69) is 0 Å². The van der Waals surface area contributed by atoms with E-state index in [1.807, 2.05) is 6.08 Å². The highest BCUT2D eigenvalue weighted by atomic mass is 16.3. The van der Waals surface area contributed by atoms with Crippen LogP contribution >= 0.6 is 0 Å². The number of allylic oxidation sites excluding steroid dienone is 1. The fourth-order valence-corrected chi connectivity index (χ4v) is 1.12. The molecular formula is C7H12O2. The summed E-state index contributed by atoms with van der Waals surface area (Å²) in [6.07, 6.45) is 4.58. The van der Waals surface area contributed by atoms with Crippen LogP contribution in [0.15, 0.2) is 11.6 Å². The van der Waals surface area contributed by atoms with Gasteiger partial charge in [0.1, 0.15) is 0 Å². The predicted molar refractivity (Wildman–Crippen MR) is 35.0 cm³/mol. The van der Waals surface area contributed by atoms with Crippen LogP contribution in [0.3, 0.4) is 0 Å². The van der Waals surface area contributed by atoms with E-state index < -0.39 is 6.10 Å². The first-order valence-corrected chi connectivity index (χ1v) is 3.32. The van der Waals surface area contributed by atoms with Crippen molar-refractivity contribution in [2.45, 2.75) is 25.4 Å². The van der Waals surface area contributed by atoms with Crippen molar-refractivity contribution in [1.82, 2.24) is 0 Å². The van der Waals surface area contributed by atoms with E-state index in [1.54, 1.807) is 0 Å². The van der Waals surface area contributed by atoms with E-state index in [1.165, 1.54) is 0 Å². The van der Waals surface area contributed by atoms with Gasteiger partial charge >= 0.3 is 0 Å². The summed E-state index contributed by atoms with van der Waals surface area (Å²) < 4.78 is 0. The lowest BCUT2D eigenvalue weighted by Gasteiger charge is -2.06. The first-order valence-electron chi connectivity index (χ1n) is 3.32. The highest BCUT2D eigenvalue weighted by molar-refractivity contribution is 5.12. The first-order chi connectivity index (χ1) is 4.34. The Hall–Kier alpha value is -0.340. The van der Waals surface area contributed by atoms with Crippen molar-refractivity contribution in [2.24, 2.45) is 0 Å². The molecule has 1 rings (SSSR count). The van der Waals surface area contributed by atoms with Crippen LogP contribution in [0, 0.1) is 0 Å². The summed E-state index contributed by atoms with van der Waals surface area (Å²) in [5, 5.41) is 17.5. The minimum Gasteiger partial charge on any atom is -0.393 e. The van der Waals surface area contributed by atoms with E-state index in [0.29, 0.717) is 0 Å². The van der Waals surface area contributed by atoms with E-state index >= 15 is 0 Å². The maximum Gasteiger partial charge on any atom is 0.0980 e. The first kappa shape index (κ1) is 6.78. The second-order valence-corrected chi connectivity index (χ2v) is 2.37. The molecule has 52 valence electrons. The number of aliphatic hydroxyl groups is 2. The monoisotopic (exact) mass is 128 g/mol. The van der Waals surface area contributed by atoms with Gasteiger partial charge in [0.2, 0.25) is 0 Å². The Balaban J connectivity index is 2.40. The molecule has 1 atom stereocenters. The van der Waals surface area contributed by atoms with Crippen molar-refractivity contribution in [3.05, 3.63) is 11.6 Å². The van der Waals surface area contributed by atoms with Gasteiger partial charge in [0.15, 0.2) is 0 Å². The summed E-state index contributed by atoms with van der Waals surface area (Å²) in [6, 6.07) is 0. The van der Waals surface area contributed by atoms with Gasteiger partial charge in [-0.1, -0.05) is 6.08 Å². The molecular weight excluding hydrogens is 116 g/mol. The molecule has 0 fully saturated rings. The van der Waals surface area contributed by atoms with Crippen molar-refractivity contribution in [3.8, 4) is 0 Å². The summed E-state index contributed by atoms with van der Waals surface area (Å²) in [6.45, 7) is -0.133. The Kier molecular flexibility index (Phi) is 2.25. The van der Waals surface area contributed by atoms with E-state index in [9.17, 15) is 0 Å². The summed E-state index contributed by atoms with van der Waals surface area (Å²) in [4.78, 5) is 0. The minimum absolute atomic E-state index is 0.133. The second kappa shape index (κ2) is 2.99. The zero-order chi connectivity index (χ0) is 6.69. The third kappa shape index (κ3) is 1.53. The van der Waals surface area contributed by atoms with E-state index in [0.717, 1.165) is 24.8 Å². The van der Waals surface area contributed by atoms with Crippen LogP contribution in [0.25, 0.3) is 0 Å². The molecule has 1 unspecified atom stereocenters. The molecule has 0 spiro atoms. The smallest absolute Gasteiger partial charge is 0.0980 e. The number of hydrogen-bond acceptors (Lipinski definition) is 2. The van der Waals surface area contributed by atoms with Crippen molar-refractivity contribution in [3.63, 3.8) is 0 Å². The Morgan fingerprint density at radius 2 is 2.44 bits per heavy atom. The Bertz CT molecular complexity index is 118. The SMILES string of the molecule is OCC(O)C1=CCCC1. The average Bonchev–Trinajstić information content (AvgIpc) is 2.37. The van der Waals surface area contributed by atoms with Gasteiger partial charge in [-0.15, -0.1) is 0 Å². The van der Waals surface area contributed by atoms with E-state index in [-0.39, 0.29) is 6.61 Å². The van der Waals surface area contributed by atoms with Crippen molar-refractivity contribution < 1.29 is 10.2 Å². The molecule has 0 radical (unpaired) electrons. The summed E-state index contributed by atoms with van der Waals surface area (Å²) in [5.74, 6) is 0. The minimum atomic E-state index is -0.590. The van der Waals surface area contributed by atoms with Crippen molar-refractivity contribution in [1.29, 1.82) is 0 Å². The fraction of sp³-hybridized carbons (Fsp3) is 0.714. The van der Waals surface area contributed by atoms with Crippen LogP contribution in [0.4, 0.5) is 0 Å². The maximum absolute atomic E-state index is 9.04. The van der Waals surface area contributed by atoms with Crippen LogP contribution in [0.1, 0.15) is 19.3 Å². The molecule has 9 heavy (non-hydrogen) atoms. The molecule has 1 aliphatic carbocycles. The molecule has 0 saturated carbocycles. The van der Waals surface area contributed by atoms with Gasteiger partial charge < -0.3 is 10.2 Å². The Labute approximate surface area is 54.8 Å². The standard InChI is InChI=1S/C7H12O2/c8-5-7(9)6-3-1-2-4-6/h3,7-9H,1-2,4-5H2. The van der Waals surface area contributed by atoms with Crippen molar-refractivity contribution >= 4 is 0 Å². The third-order valence-electron chi connectivity index (χ3n) is 1.68. The van der Waals surface area contributed by atoms with Crippen LogP contribution in [0.2, 0.25) is 0 Å². The lowest BCUT2D eigenvalue weighted by Crippen LogP contribution is -2.13. The van der Waals surface area contributed by atoms with Gasteiger partial charge in [-0.05, 0) is 24.8 Å². The van der Waals surface area contributed by atoms with Gasteiger partial charge in [-0.3, -0.25) is 0 Å². The summed E-state index contributed by atoms with van der Waals surface area (Å²) >= 11 is 0. The maximum atomic E-state index is 9.04. The molecule has 0 amide bonds. The Morgan fingerprint density at radius 1 is 1.67 bits per heavy atom. The normalized spacial score (nSPS) is 21.8. The highest BCUT2D eigenvalue weighted by Crippen LogP contribution is 2.20. The summed E-state index contributed by atoms with van der Waals surface area (Å²) in [5.41, 5.74) is 1.01. The van der Waals surface area contributed by atoms with Gasteiger partial charge in [0.05, 0.1) is 12.7 Å². The molecule has 0 saturated heterocycles. The lowest BCUT2D eigenvalue weighted by atomic mass is 10.1. The third-order valence-corrected chi connectivity index (χ3v) is 1.68. The molecule has 0 aromatic carbocycles. The van der Waals surface area contributed by atoms with Gasteiger partial charge in [0, 0.05) is 0 Å². The Morgan fingerprint density at radius 3 is 2.89 bits per heavy atom. The molecule has 0 aromatic heterocycles. The fourth-order valence-electron chi connectivity index (χ4n) is 1.12. The van der Waals surface area contributed by atoms with Crippen LogP contribution < -0.4 is 0 Å². The van der Waals surface area contributed by atoms with Crippen LogP contribution in [-0.2, 0) is 0 Å². The highest BCUT2D eigenvalue weighted by Gasteiger charge is 2.11. The number of rotatable bonds is 2. The van der Waals surface area contributed by atoms with Gasteiger partial charge in [0.25, 0.3) is 0 Å². The molecule has 0 aromatic rings. The molecule has 0 aliphatic heterocycles. The topological polar surface area (TPSA) is 40.5 Å². The van der Waals surface area contributed by atoms with Crippen molar-refractivity contribution in [2.75, 3.05) is 6.61 Å². The summed E-state index contributed by atoms with van der Waals surface area (Å²) in [7, 11) is 0. The largest absolute Gasteiger partial charge is 0.393 e. The lowest BCUT2D eigenvalue weighted by molar-refractivity contribution is 0.120. The predicted octanol–water partition coefficient (Wildman–Crippen LogP) is 0.450. The number of aliphatic hydroxyl groups excluding tert-OH is 2. The molecule has 0 heterocycles. The molecule has 2 heteroatoms.